The van der Waals surface area contributed by atoms with Gasteiger partial charge < -0.3 is 20.1 Å². The van der Waals surface area contributed by atoms with Crippen molar-refractivity contribution in [2.24, 2.45) is 29.1 Å². The van der Waals surface area contributed by atoms with Crippen LogP contribution in [0, 0.1) is 29.1 Å². The molecule has 1 aromatic rings. The molecular weight excluding hydrogens is 392 g/mol. The Morgan fingerprint density at radius 2 is 1.97 bits per heavy atom. The summed E-state index contributed by atoms with van der Waals surface area (Å²) in [6.45, 7) is 3.02. The number of hydrogen-bond acceptors (Lipinski definition) is 6. The van der Waals surface area contributed by atoms with E-state index in [4.69, 9.17) is 4.74 Å². The number of carbonyl (C=O) groups excluding carboxylic acids is 1. The number of nitrogens with one attached hydrogen (secondary N) is 1. The van der Waals surface area contributed by atoms with Gasteiger partial charge in [-0.3, -0.25) is 4.79 Å². The molecule has 4 aliphatic carbocycles. The summed E-state index contributed by atoms with van der Waals surface area (Å²) in [6.07, 6.45) is 10.6. The third kappa shape index (κ3) is 3.54. The number of carbonyl (C=O) groups is 1. The molecule has 5 fully saturated rings. The van der Waals surface area contributed by atoms with Gasteiger partial charge in [-0.05, 0) is 74.5 Å². The summed E-state index contributed by atoms with van der Waals surface area (Å²) < 4.78 is 5.39. The van der Waals surface area contributed by atoms with E-state index in [1.165, 1.54) is 38.5 Å². The Balaban J connectivity index is 1.12. The van der Waals surface area contributed by atoms with Crippen molar-refractivity contribution >= 4 is 11.7 Å². The van der Waals surface area contributed by atoms with Crippen LogP contribution >= 0.6 is 0 Å². The molecule has 7 rings (SSSR count). The summed E-state index contributed by atoms with van der Waals surface area (Å²) in [5.74, 6) is 3.53. The first-order valence-electron chi connectivity index (χ1n) is 12.2. The van der Waals surface area contributed by atoms with Crippen molar-refractivity contribution in [1.82, 2.24) is 14.9 Å². The van der Waals surface area contributed by atoms with Crippen LogP contribution in [0.1, 0.15) is 56.2 Å². The van der Waals surface area contributed by atoms with E-state index in [0.29, 0.717) is 32.8 Å². The number of rotatable bonds is 5. The summed E-state index contributed by atoms with van der Waals surface area (Å²) in [5.41, 5.74) is 2.15. The SMILES string of the molecule is O=C(C1CCOC1)N1CCc2c(ncnc2NCC(O)C23CC4CC(CC(C4)C2)C3)C1. The molecule has 0 spiro atoms. The highest BCUT2D eigenvalue weighted by atomic mass is 16.5. The second-order valence-corrected chi connectivity index (χ2v) is 10.9. The van der Waals surface area contributed by atoms with Gasteiger partial charge in [-0.15, -0.1) is 0 Å². The third-order valence-corrected chi connectivity index (χ3v) is 8.85. The van der Waals surface area contributed by atoms with E-state index in [0.717, 1.165) is 47.7 Å². The van der Waals surface area contributed by atoms with Crippen molar-refractivity contribution in [3.05, 3.63) is 17.6 Å². The molecule has 1 saturated heterocycles. The van der Waals surface area contributed by atoms with Crippen LogP contribution in [0.25, 0.3) is 0 Å². The maximum absolute atomic E-state index is 12.8. The van der Waals surface area contributed by atoms with E-state index >= 15 is 0 Å². The predicted molar refractivity (Wildman–Crippen MR) is 115 cm³/mol. The highest BCUT2D eigenvalue weighted by Crippen LogP contribution is 2.61. The Morgan fingerprint density at radius 1 is 1.23 bits per heavy atom. The first-order valence-corrected chi connectivity index (χ1v) is 12.2. The monoisotopic (exact) mass is 426 g/mol. The van der Waals surface area contributed by atoms with E-state index in [1.54, 1.807) is 6.33 Å². The molecule has 2 N–H and O–H groups in total. The van der Waals surface area contributed by atoms with Gasteiger partial charge in [-0.1, -0.05) is 0 Å². The van der Waals surface area contributed by atoms with Gasteiger partial charge in [-0.25, -0.2) is 9.97 Å². The molecule has 4 saturated carbocycles. The molecule has 2 atom stereocenters. The molecule has 7 nitrogen and oxygen atoms in total. The average Bonchev–Trinajstić information content (AvgIpc) is 3.30. The summed E-state index contributed by atoms with van der Waals surface area (Å²) in [5, 5.41) is 14.7. The number of nitrogens with zero attached hydrogens (tertiary/aromatic N) is 3. The first-order chi connectivity index (χ1) is 15.1. The number of hydrogen-bond donors (Lipinski definition) is 2. The van der Waals surface area contributed by atoms with Gasteiger partial charge in [0, 0.05) is 25.3 Å². The molecule has 2 aliphatic heterocycles. The topological polar surface area (TPSA) is 87.6 Å². The van der Waals surface area contributed by atoms with Gasteiger partial charge in [0.05, 0.1) is 30.9 Å². The van der Waals surface area contributed by atoms with Crippen molar-refractivity contribution in [2.75, 3.05) is 31.6 Å². The standard InChI is InChI=1S/C24H34N4O3/c29-21(24-8-15-5-16(9-24)7-17(6-15)10-24)11-25-22-19-1-3-28(12-20(19)26-14-27-22)23(30)18-2-4-31-13-18/h14-18,21,29H,1-13H2,(H,25,26,27). The molecule has 0 aromatic carbocycles. The maximum Gasteiger partial charge on any atom is 0.228 e. The Morgan fingerprint density at radius 3 is 2.65 bits per heavy atom. The molecule has 0 radical (unpaired) electrons. The Bertz CT molecular complexity index is 818. The number of anilines is 1. The normalized spacial score (nSPS) is 37.0. The summed E-state index contributed by atoms with van der Waals surface area (Å²) >= 11 is 0. The Labute approximate surface area is 184 Å². The quantitative estimate of drug-likeness (QED) is 0.752. The van der Waals surface area contributed by atoms with Crippen LogP contribution < -0.4 is 5.32 Å². The molecule has 1 aromatic heterocycles. The molecule has 7 heteroatoms. The summed E-state index contributed by atoms with van der Waals surface area (Å²) in [4.78, 5) is 23.7. The van der Waals surface area contributed by atoms with Crippen LogP contribution in [0.15, 0.2) is 6.33 Å². The second kappa shape index (κ2) is 7.69. The zero-order chi connectivity index (χ0) is 21.0. The molecule has 4 bridgehead atoms. The second-order valence-electron chi connectivity index (χ2n) is 10.9. The van der Waals surface area contributed by atoms with Gasteiger partial charge in [-0.2, -0.15) is 0 Å². The Hall–Kier alpha value is -1.73. The van der Waals surface area contributed by atoms with E-state index in [2.05, 4.69) is 15.3 Å². The van der Waals surface area contributed by atoms with Crippen molar-refractivity contribution in [1.29, 1.82) is 0 Å². The lowest BCUT2D eigenvalue weighted by Gasteiger charge is -2.58. The van der Waals surface area contributed by atoms with E-state index in [1.807, 2.05) is 4.90 Å². The molecule has 31 heavy (non-hydrogen) atoms. The molecular formula is C24H34N4O3. The lowest BCUT2D eigenvalue weighted by atomic mass is 9.48. The fourth-order valence-electron chi connectivity index (χ4n) is 7.68. The van der Waals surface area contributed by atoms with Crippen LogP contribution in [0.2, 0.25) is 0 Å². The van der Waals surface area contributed by atoms with Crippen molar-refractivity contribution in [3.8, 4) is 0 Å². The number of amides is 1. The van der Waals surface area contributed by atoms with Gasteiger partial charge in [0.25, 0.3) is 0 Å². The van der Waals surface area contributed by atoms with E-state index in [9.17, 15) is 9.90 Å². The third-order valence-electron chi connectivity index (χ3n) is 8.85. The lowest BCUT2D eigenvalue weighted by Crippen LogP contribution is -2.53. The molecule has 168 valence electrons. The number of aliphatic hydroxyl groups excluding tert-OH is 1. The van der Waals surface area contributed by atoms with Crippen molar-refractivity contribution < 1.29 is 14.6 Å². The van der Waals surface area contributed by atoms with Gasteiger partial charge >= 0.3 is 0 Å². The van der Waals surface area contributed by atoms with Crippen molar-refractivity contribution in [3.63, 3.8) is 0 Å². The van der Waals surface area contributed by atoms with E-state index in [-0.39, 0.29) is 23.3 Å². The van der Waals surface area contributed by atoms with Crippen molar-refractivity contribution in [2.45, 2.75) is 64.0 Å². The van der Waals surface area contributed by atoms with Gasteiger partial charge in [0.15, 0.2) is 0 Å². The minimum Gasteiger partial charge on any atom is -0.391 e. The number of fused-ring (bicyclic) bond motifs is 1. The zero-order valence-electron chi connectivity index (χ0n) is 18.3. The average molecular weight is 427 g/mol. The number of ether oxygens (including phenoxy) is 1. The Kier molecular flexibility index (Phi) is 4.94. The predicted octanol–water partition coefficient (Wildman–Crippen LogP) is 2.39. The fourth-order valence-corrected chi connectivity index (χ4v) is 7.68. The number of aromatic nitrogens is 2. The van der Waals surface area contributed by atoms with Crippen LogP contribution in [0.5, 0.6) is 0 Å². The minimum atomic E-state index is -0.324. The van der Waals surface area contributed by atoms with Gasteiger partial charge in [0.2, 0.25) is 5.91 Å². The van der Waals surface area contributed by atoms with Crippen LogP contribution in [0.3, 0.4) is 0 Å². The molecule has 2 unspecified atom stereocenters. The highest BCUT2D eigenvalue weighted by Gasteiger charge is 2.53. The van der Waals surface area contributed by atoms with Crippen LogP contribution in [-0.2, 0) is 22.5 Å². The van der Waals surface area contributed by atoms with Crippen LogP contribution in [0.4, 0.5) is 5.82 Å². The fraction of sp³-hybridized carbons (Fsp3) is 0.792. The summed E-state index contributed by atoms with van der Waals surface area (Å²) in [6, 6.07) is 0. The zero-order valence-corrected chi connectivity index (χ0v) is 18.3. The minimum absolute atomic E-state index is 0.00332. The van der Waals surface area contributed by atoms with E-state index < -0.39 is 0 Å². The first kappa shape index (κ1) is 19.9. The van der Waals surface area contributed by atoms with Crippen LogP contribution in [-0.4, -0.2) is 58.3 Å². The highest BCUT2D eigenvalue weighted by molar-refractivity contribution is 5.79. The lowest BCUT2D eigenvalue weighted by molar-refractivity contribution is -0.136. The molecule has 3 heterocycles. The smallest absolute Gasteiger partial charge is 0.228 e. The number of aliphatic hydroxyl groups is 1. The largest absolute Gasteiger partial charge is 0.391 e. The maximum atomic E-state index is 12.8. The molecule has 1 amide bonds. The van der Waals surface area contributed by atoms with Gasteiger partial charge in [0.1, 0.15) is 12.1 Å². The summed E-state index contributed by atoms with van der Waals surface area (Å²) in [7, 11) is 0. The molecule has 6 aliphatic rings.